The van der Waals surface area contributed by atoms with Crippen molar-refractivity contribution in [1.29, 1.82) is 5.26 Å². The molecule has 0 spiro atoms. The van der Waals surface area contributed by atoms with Crippen molar-refractivity contribution in [3.05, 3.63) is 0 Å². The van der Waals surface area contributed by atoms with Crippen LogP contribution in [0.4, 0.5) is 0 Å². The summed E-state index contributed by atoms with van der Waals surface area (Å²) in [6.07, 6.45) is 0. The molecule has 0 saturated carbocycles. The van der Waals surface area contributed by atoms with E-state index in [0.29, 0.717) is 0 Å². The lowest BCUT2D eigenvalue weighted by molar-refractivity contribution is 0.200. The topological polar surface area (TPSA) is 42.3 Å². The molecule has 1 fully saturated rings. The summed E-state index contributed by atoms with van der Waals surface area (Å²) in [6.45, 7) is 9.56. The Balaban J connectivity index is 2.10. The van der Waals surface area contributed by atoms with Gasteiger partial charge in [0.15, 0.2) is 0 Å². The number of nitrogens with one attached hydrogen (secondary N) is 1. The Morgan fingerprint density at radius 3 is 2.73 bits per heavy atom. The zero-order valence-electron chi connectivity index (χ0n) is 9.87. The molecule has 15 heavy (non-hydrogen) atoms. The number of likely N-dealkylation sites (N-methyl/N-ethyl adjacent to an activating group) is 1. The fourth-order valence-electron chi connectivity index (χ4n) is 1.85. The lowest BCUT2D eigenvalue weighted by atomic mass is 10.2. The van der Waals surface area contributed by atoms with Gasteiger partial charge in [-0.1, -0.05) is 0 Å². The molecule has 0 aliphatic carbocycles. The van der Waals surface area contributed by atoms with E-state index in [2.05, 4.69) is 28.2 Å². The van der Waals surface area contributed by atoms with Crippen molar-refractivity contribution in [2.75, 3.05) is 52.9 Å². The minimum absolute atomic E-state index is 0.137. The van der Waals surface area contributed by atoms with Crippen molar-refractivity contribution < 1.29 is 0 Å². The molecule has 0 aromatic heterocycles. The van der Waals surface area contributed by atoms with Gasteiger partial charge in [-0.05, 0) is 14.0 Å². The maximum absolute atomic E-state index is 8.71. The van der Waals surface area contributed by atoms with Crippen molar-refractivity contribution in [1.82, 2.24) is 15.1 Å². The first-order valence-electron chi connectivity index (χ1n) is 5.73. The van der Waals surface area contributed by atoms with Gasteiger partial charge in [0.05, 0.1) is 12.0 Å². The standard InChI is InChI=1S/C11H22N4/c1-11(9-12)10-14(2)7-8-15-5-3-13-4-6-15/h11,13H,3-8,10H2,1-2H3. The summed E-state index contributed by atoms with van der Waals surface area (Å²) in [5, 5.41) is 12.1. The fourth-order valence-corrected chi connectivity index (χ4v) is 1.85. The highest BCUT2D eigenvalue weighted by Crippen LogP contribution is 1.97. The molecule has 1 aliphatic heterocycles. The van der Waals surface area contributed by atoms with E-state index in [-0.39, 0.29) is 5.92 Å². The van der Waals surface area contributed by atoms with Gasteiger partial charge in [0, 0.05) is 45.8 Å². The van der Waals surface area contributed by atoms with E-state index in [9.17, 15) is 0 Å². The van der Waals surface area contributed by atoms with Crippen LogP contribution >= 0.6 is 0 Å². The lowest BCUT2D eigenvalue weighted by Crippen LogP contribution is -2.46. The first-order valence-corrected chi connectivity index (χ1v) is 5.73. The second kappa shape index (κ2) is 6.78. The Hall–Kier alpha value is -0.630. The maximum atomic E-state index is 8.71. The van der Waals surface area contributed by atoms with Gasteiger partial charge in [-0.3, -0.25) is 4.90 Å². The predicted octanol–water partition coefficient (Wildman–Crippen LogP) is -0.0169. The van der Waals surface area contributed by atoms with Crippen LogP contribution in [0, 0.1) is 17.2 Å². The van der Waals surface area contributed by atoms with Gasteiger partial charge in [-0.25, -0.2) is 0 Å². The van der Waals surface area contributed by atoms with Crippen LogP contribution in [-0.2, 0) is 0 Å². The Labute approximate surface area is 92.8 Å². The quantitative estimate of drug-likeness (QED) is 0.693. The van der Waals surface area contributed by atoms with E-state index in [1.807, 2.05) is 6.92 Å². The number of rotatable bonds is 5. The summed E-state index contributed by atoms with van der Waals surface area (Å²) < 4.78 is 0. The Bertz CT molecular complexity index is 205. The van der Waals surface area contributed by atoms with E-state index in [0.717, 1.165) is 45.8 Å². The summed E-state index contributed by atoms with van der Waals surface area (Å²) in [4.78, 5) is 4.72. The SMILES string of the molecule is CC(C#N)CN(C)CCN1CCNCC1. The average Bonchev–Trinajstić information content (AvgIpc) is 2.27. The molecule has 1 aliphatic rings. The third-order valence-electron chi connectivity index (χ3n) is 2.81. The minimum Gasteiger partial charge on any atom is -0.314 e. The maximum Gasteiger partial charge on any atom is 0.0666 e. The highest BCUT2D eigenvalue weighted by atomic mass is 15.2. The Morgan fingerprint density at radius 1 is 1.47 bits per heavy atom. The highest BCUT2D eigenvalue weighted by Gasteiger charge is 2.10. The number of nitriles is 1. The van der Waals surface area contributed by atoms with Crippen LogP contribution in [0.15, 0.2) is 0 Å². The molecular formula is C11H22N4. The summed E-state index contributed by atoms with van der Waals surface area (Å²) in [5.74, 6) is 0.137. The molecule has 4 heteroatoms. The molecule has 4 nitrogen and oxygen atoms in total. The van der Waals surface area contributed by atoms with E-state index >= 15 is 0 Å². The van der Waals surface area contributed by atoms with Gasteiger partial charge in [0.1, 0.15) is 0 Å². The largest absolute Gasteiger partial charge is 0.314 e. The third kappa shape index (κ3) is 5.12. The first-order chi connectivity index (χ1) is 7.22. The summed E-state index contributed by atoms with van der Waals surface area (Å²) >= 11 is 0. The Morgan fingerprint density at radius 2 is 2.13 bits per heavy atom. The van der Waals surface area contributed by atoms with Gasteiger partial charge in [-0.2, -0.15) is 5.26 Å². The smallest absolute Gasteiger partial charge is 0.0666 e. The molecule has 1 heterocycles. The molecule has 0 aromatic rings. The second-order valence-corrected chi connectivity index (χ2v) is 4.38. The molecule has 0 radical (unpaired) electrons. The van der Waals surface area contributed by atoms with Crippen LogP contribution in [0.1, 0.15) is 6.92 Å². The van der Waals surface area contributed by atoms with Crippen LogP contribution in [0.5, 0.6) is 0 Å². The van der Waals surface area contributed by atoms with Crippen molar-refractivity contribution in [3.8, 4) is 6.07 Å². The highest BCUT2D eigenvalue weighted by molar-refractivity contribution is 4.81. The molecule has 1 rings (SSSR count). The summed E-state index contributed by atoms with van der Waals surface area (Å²) in [7, 11) is 2.09. The lowest BCUT2D eigenvalue weighted by Gasteiger charge is -2.29. The van der Waals surface area contributed by atoms with Crippen LogP contribution in [-0.4, -0.2) is 62.7 Å². The van der Waals surface area contributed by atoms with E-state index in [1.54, 1.807) is 0 Å². The van der Waals surface area contributed by atoms with Gasteiger partial charge in [-0.15, -0.1) is 0 Å². The number of nitrogens with zero attached hydrogens (tertiary/aromatic N) is 3. The minimum atomic E-state index is 0.137. The third-order valence-corrected chi connectivity index (χ3v) is 2.81. The molecule has 1 unspecified atom stereocenters. The van der Waals surface area contributed by atoms with Gasteiger partial charge < -0.3 is 10.2 Å². The van der Waals surface area contributed by atoms with E-state index in [4.69, 9.17) is 5.26 Å². The molecule has 0 aromatic carbocycles. The van der Waals surface area contributed by atoms with Crippen molar-refractivity contribution in [2.45, 2.75) is 6.92 Å². The van der Waals surface area contributed by atoms with Crippen molar-refractivity contribution in [3.63, 3.8) is 0 Å². The van der Waals surface area contributed by atoms with Crippen LogP contribution in [0.3, 0.4) is 0 Å². The van der Waals surface area contributed by atoms with Crippen molar-refractivity contribution >= 4 is 0 Å². The molecule has 1 N–H and O–H groups in total. The molecule has 86 valence electrons. The van der Waals surface area contributed by atoms with Gasteiger partial charge >= 0.3 is 0 Å². The average molecular weight is 210 g/mol. The number of hydrogen-bond acceptors (Lipinski definition) is 4. The second-order valence-electron chi connectivity index (χ2n) is 4.38. The van der Waals surface area contributed by atoms with E-state index in [1.165, 1.54) is 0 Å². The van der Waals surface area contributed by atoms with Crippen molar-refractivity contribution in [2.24, 2.45) is 5.92 Å². The van der Waals surface area contributed by atoms with Gasteiger partial charge in [0.25, 0.3) is 0 Å². The molecule has 0 bridgehead atoms. The predicted molar refractivity (Wildman–Crippen MR) is 61.6 cm³/mol. The Kier molecular flexibility index (Phi) is 5.62. The zero-order chi connectivity index (χ0) is 11.1. The zero-order valence-corrected chi connectivity index (χ0v) is 9.87. The molecule has 1 atom stereocenters. The summed E-state index contributed by atoms with van der Waals surface area (Å²) in [5.41, 5.74) is 0. The number of piperazine rings is 1. The number of hydrogen-bond donors (Lipinski definition) is 1. The van der Waals surface area contributed by atoms with Crippen LogP contribution in [0.25, 0.3) is 0 Å². The monoisotopic (exact) mass is 210 g/mol. The van der Waals surface area contributed by atoms with Crippen LogP contribution in [0.2, 0.25) is 0 Å². The normalized spacial score (nSPS) is 20.1. The molecule has 0 amide bonds. The van der Waals surface area contributed by atoms with Crippen LogP contribution < -0.4 is 5.32 Å². The molecular weight excluding hydrogens is 188 g/mol. The molecule has 1 saturated heterocycles. The van der Waals surface area contributed by atoms with E-state index < -0.39 is 0 Å². The summed E-state index contributed by atoms with van der Waals surface area (Å²) in [6, 6.07) is 2.27. The fraction of sp³-hybridized carbons (Fsp3) is 0.909. The first kappa shape index (κ1) is 12.4. The van der Waals surface area contributed by atoms with Gasteiger partial charge in [0.2, 0.25) is 0 Å².